The fourth-order valence-corrected chi connectivity index (χ4v) is 3.10. The molecule has 1 aliphatic rings. The summed E-state index contributed by atoms with van der Waals surface area (Å²) in [4.78, 5) is 0. The molecule has 0 heterocycles. The molecular formula is C14H29NO. The molecule has 0 aliphatic heterocycles. The number of likely N-dealkylation sites (N-methyl/N-ethyl adjacent to an activating group) is 1. The van der Waals surface area contributed by atoms with Crippen molar-refractivity contribution in [2.24, 2.45) is 0 Å². The summed E-state index contributed by atoms with van der Waals surface area (Å²) in [5.41, 5.74) is 0.112. The molecule has 0 radical (unpaired) electrons. The molecule has 0 aromatic carbocycles. The molecule has 0 aromatic heterocycles. The SMILES string of the molecule is CCCCC(NC)C1(OC)CCCCCC1. The van der Waals surface area contributed by atoms with Crippen LogP contribution in [0.2, 0.25) is 0 Å². The van der Waals surface area contributed by atoms with E-state index in [-0.39, 0.29) is 5.60 Å². The highest BCUT2D eigenvalue weighted by Crippen LogP contribution is 2.34. The molecule has 96 valence electrons. The van der Waals surface area contributed by atoms with Gasteiger partial charge in [0.15, 0.2) is 0 Å². The van der Waals surface area contributed by atoms with E-state index < -0.39 is 0 Å². The molecule has 16 heavy (non-hydrogen) atoms. The number of rotatable bonds is 6. The fraction of sp³-hybridized carbons (Fsp3) is 1.00. The lowest BCUT2D eigenvalue weighted by Crippen LogP contribution is -2.50. The summed E-state index contributed by atoms with van der Waals surface area (Å²) < 4.78 is 5.95. The lowest BCUT2D eigenvalue weighted by atomic mass is 9.83. The minimum absolute atomic E-state index is 0.112. The van der Waals surface area contributed by atoms with E-state index in [4.69, 9.17) is 4.74 Å². The van der Waals surface area contributed by atoms with Crippen molar-refractivity contribution < 1.29 is 4.74 Å². The molecule has 0 aromatic rings. The molecule has 1 aliphatic carbocycles. The van der Waals surface area contributed by atoms with Crippen LogP contribution in [0.3, 0.4) is 0 Å². The molecule has 0 bridgehead atoms. The minimum atomic E-state index is 0.112. The molecule has 1 saturated carbocycles. The topological polar surface area (TPSA) is 21.3 Å². The van der Waals surface area contributed by atoms with Crippen molar-refractivity contribution in [3.05, 3.63) is 0 Å². The van der Waals surface area contributed by atoms with Gasteiger partial charge in [-0.05, 0) is 26.3 Å². The monoisotopic (exact) mass is 227 g/mol. The third-order valence-corrected chi connectivity index (χ3v) is 4.19. The zero-order valence-corrected chi connectivity index (χ0v) is 11.3. The minimum Gasteiger partial charge on any atom is -0.377 e. The highest BCUT2D eigenvalue weighted by Gasteiger charge is 2.37. The summed E-state index contributed by atoms with van der Waals surface area (Å²) >= 11 is 0. The quantitative estimate of drug-likeness (QED) is 0.701. The van der Waals surface area contributed by atoms with Crippen LogP contribution in [0.1, 0.15) is 64.7 Å². The van der Waals surface area contributed by atoms with E-state index in [9.17, 15) is 0 Å². The Labute approximate surface area is 101 Å². The Morgan fingerprint density at radius 3 is 2.25 bits per heavy atom. The average molecular weight is 227 g/mol. The summed E-state index contributed by atoms with van der Waals surface area (Å²) in [7, 11) is 3.99. The third-order valence-electron chi connectivity index (χ3n) is 4.19. The van der Waals surface area contributed by atoms with Crippen LogP contribution in [0.15, 0.2) is 0 Å². The van der Waals surface area contributed by atoms with E-state index >= 15 is 0 Å². The maximum atomic E-state index is 5.95. The summed E-state index contributed by atoms with van der Waals surface area (Å²) in [5, 5.41) is 3.50. The first-order valence-corrected chi connectivity index (χ1v) is 7.01. The molecule has 1 N–H and O–H groups in total. The first-order valence-electron chi connectivity index (χ1n) is 7.01. The number of methoxy groups -OCH3 is 1. The second kappa shape index (κ2) is 7.29. The molecule has 1 unspecified atom stereocenters. The average Bonchev–Trinajstić information content (AvgIpc) is 2.56. The van der Waals surface area contributed by atoms with Gasteiger partial charge in [-0.2, -0.15) is 0 Å². The van der Waals surface area contributed by atoms with E-state index in [2.05, 4.69) is 19.3 Å². The molecule has 0 spiro atoms. The van der Waals surface area contributed by atoms with Crippen molar-refractivity contribution in [2.75, 3.05) is 14.2 Å². The Hall–Kier alpha value is -0.0800. The Balaban J connectivity index is 2.65. The smallest absolute Gasteiger partial charge is 0.0830 e. The highest BCUT2D eigenvalue weighted by molar-refractivity contribution is 4.93. The molecule has 1 fully saturated rings. The number of ether oxygens (including phenoxy) is 1. The van der Waals surface area contributed by atoms with Gasteiger partial charge in [0.05, 0.1) is 5.60 Å². The number of hydrogen-bond acceptors (Lipinski definition) is 2. The van der Waals surface area contributed by atoms with Gasteiger partial charge in [0, 0.05) is 13.2 Å². The molecule has 0 amide bonds. The van der Waals surface area contributed by atoms with Gasteiger partial charge in [0.25, 0.3) is 0 Å². The normalized spacial score (nSPS) is 22.7. The fourth-order valence-electron chi connectivity index (χ4n) is 3.10. The van der Waals surface area contributed by atoms with Crippen molar-refractivity contribution in [3.63, 3.8) is 0 Å². The predicted octanol–water partition coefficient (Wildman–Crippen LogP) is 3.50. The zero-order chi connectivity index (χ0) is 11.9. The van der Waals surface area contributed by atoms with Gasteiger partial charge < -0.3 is 10.1 Å². The Morgan fingerprint density at radius 1 is 1.19 bits per heavy atom. The second-order valence-electron chi connectivity index (χ2n) is 5.17. The number of hydrogen-bond donors (Lipinski definition) is 1. The van der Waals surface area contributed by atoms with Gasteiger partial charge in [-0.3, -0.25) is 0 Å². The van der Waals surface area contributed by atoms with Crippen molar-refractivity contribution in [2.45, 2.75) is 76.4 Å². The summed E-state index contributed by atoms with van der Waals surface area (Å²) in [6.45, 7) is 2.26. The van der Waals surface area contributed by atoms with Gasteiger partial charge >= 0.3 is 0 Å². The van der Waals surface area contributed by atoms with Gasteiger partial charge in [0.2, 0.25) is 0 Å². The predicted molar refractivity (Wildman–Crippen MR) is 69.8 cm³/mol. The summed E-state index contributed by atoms with van der Waals surface area (Å²) in [5.74, 6) is 0. The van der Waals surface area contributed by atoms with Crippen LogP contribution >= 0.6 is 0 Å². The molecule has 1 rings (SSSR count). The van der Waals surface area contributed by atoms with Crippen LogP contribution in [0.5, 0.6) is 0 Å². The summed E-state index contributed by atoms with van der Waals surface area (Å²) in [6.07, 6.45) is 11.7. The van der Waals surface area contributed by atoms with E-state index in [1.807, 2.05) is 7.11 Å². The van der Waals surface area contributed by atoms with E-state index in [1.54, 1.807) is 0 Å². The van der Waals surface area contributed by atoms with Crippen LogP contribution in [0.25, 0.3) is 0 Å². The summed E-state index contributed by atoms with van der Waals surface area (Å²) in [6, 6.07) is 0.538. The van der Waals surface area contributed by atoms with Crippen molar-refractivity contribution in [1.29, 1.82) is 0 Å². The largest absolute Gasteiger partial charge is 0.377 e. The first kappa shape index (κ1) is 14.0. The molecular weight excluding hydrogens is 198 g/mol. The van der Waals surface area contributed by atoms with Gasteiger partial charge in [-0.25, -0.2) is 0 Å². The number of unbranched alkanes of at least 4 members (excludes halogenated alkanes) is 1. The van der Waals surface area contributed by atoms with Gasteiger partial charge in [-0.15, -0.1) is 0 Å². The Morgan fingerprint density at radius 2 is 1.81 bits per heavy atom. The maximum absolute atomic E-state index is 5.95. The molecule has 0 saturated heterocycles. The van der Waals surface area contributed by atoms with Gasteiger partial charge in [-0.1, -0.05) is 45.4 Å². The van der Waals surface area contributed by atoms with Crippen LogP contribution in [-0.4, -0.2) is 25.8 Å². The van der Waals surface area contributed by atoms with Crippen LogP contribution in [0, 0.1) is 0 Å². The first-order chi connectivity index (χ1) is 7.79. The van der Waals surface area contributed by atoms with Crippen LogP contribution < -0.4 is 5.32 Å². The van der Waals surface area contributed by atoms with Crippen LogP contribution in [0.4, 0.5) is 0 Å². The van der Waals surface area contributed by atoms with Gasteiger partial charge in [0.1, 0.15) is 0 Å². The highest BCUT2D eigenvalue weighted by atomic mass is 16.5. The molecule has 2 heteroatoms. The molecule has 1 atom stereocenters. The zero-order valence-electron chi connectivity index (χ0n) is 11.3. The molecule has 2 nitrogen and oxygen atoms in total. The third kappa shape index (κ3) is 3.46. The van der Waals surface area contributed by atoms with E-state index in [0.717, 1.165) is 0 Å². The van der Waals surface area contributed by atoms with Crippen molar-refractivity contribution >= 4 is 0 Å². The number of nitrogens with one attached hydrogen (secondary N) is 1. The maximum Gasteiger partial charge on any atom is 0.0830 e. The Bertz CT molecular complexity index is 174. The van der Waals surface area contributed by atoms with Crippen LogP contribution in [-0.2, 0) is 4.74 Å². The van der Waals surface area contributed by atoms with E-state index in [0.29, 0.717) is 6.04 Å². The second-order valence-corrected chi connectivity index (χ2v) is 5.17. The van der Waals surface area contributed by atoms with E-state index in [1.165, 1.54) is 57.8 Å². The van der Waals surface area contributed by atoms with Crippen molar-refractivity contribution in [3.8, 4) is 0 Å². The standard InChI is InChI=1S/C14H29NO/c1-4-5-10-13(15-2)14(16-3)11-8-6-7-9-12-14/h13,15H,4-12H2,1-3H3. The lowest BCUT2D eigenvalue weighted by molar-refractivity contribution is -0.0534. The lowest BCUT2D eigenvalue weighted by Gasteiger charge is -2.39. The van der Waals surface area contributed by atoms with Crippen molar-refractivity contribution in [1.82, 2.24) is 5.32 Å². The Kier molecular flexibility index (Phi) is 6.37.